The molecule has 9 aromatic carbocycles. The molecule has 10 aromatic rings. The molecular weight excluding hydrogens is 1140 g/mol. The number of benzene rings is 9. The highest BCUT2D eigenvalue weighted by Gasteiger charge is 2.49. The third-order valence-corrected chi connectivity index (χ3v) is 21.2. The highest BCUT2D eigenvalue weighted by molar-refractivity contribution is 7.00. The lowest BCUT2D eigenvalue weighted by Gasteiger charge is -2.43. The molecule has 5 heteroatoms. The van der Waals surface area contributed by atoms with Gasteiger partial charge >= 0.3 is 0 Å². The lowest BCUT2D eigenvalue weighted by molar-refractivity contribution is 0.510. The number of hydrogen-bond donors (Lipinski definition) is 0. The van der Waals surface area contributed by atoms with Crippen LogP contribution in [0.3, 0.4) is 0 Å². The monoisotopic (exact) mass is 1230 g/mol. The number of nitrogens with zero attached hydrogens (tertiary/aromatic N) is 4. The van der Waals surface area contributed by atoms with Crippen LogP contribution in [0.4, 0.5) is 45.5 Å². The Hall–Kier alpha value is -8.54. The fourth-order valence-electron chi connectivity index (χ4n) is 15.7. The van der Waals surface area contributed by atoms with E-state index in [0.29, 0.717) is 0 Å². The first-order valence-corrected chi connectivity index (χ1v) is 34.6. The van der Waals surface area contributed by atoms with E-state index in [2.05, 4.69) is 364 Å². The van der Waals surface area contributed by atoms with Crippen LogP contribution in [0.1, 0.15) is 184 Å². The Bertz CT molecular complexity index is 4640. The van der Waals surface area contributed by atoms with Crippen molar-refractivity contribution in [2.24, 2.45) is 5.41 Å². The van der Waals surface area contributed by atoms with Gasteiger partial charge in [0.15, 0.2) is 0 Å². The van der Waals surface area contributed by atoms with Gasteiger partial charge in [0, 0.05) is 67.3 Å². The summed E-state index contributed by atoms with van der Waals surface area (Å²) in [6.45, 7) is 46.9. The quantitative estimate of drug-likeness (QED) is 0.141. The molecule has 0 spiro atoms. The summed E-state index contributed by atoms with van der Waals surface area (Å²) in [7, 11) is 0. The summed E-state index contributed by atoms with van der Waals surface area (Å²) < 4.78 is 2.75. The van der Waals surface area contributed by atoms with E-state index in [4.69, 9.17) is 0 Å². The fraction of sp³-hybridized carbons (Fsp3) is 0.326. The lowest BCUT2D eigenvalue weighted by atomic mass is 9.33. The van der Waals surface area contributed by atoms with E-state index < -0.39 is 0 Å². The van der Waals surface area contributed by atoms with Gasteiger partial charge in [0.2, 0.25) is 0 Å². The smallest absolute Gasteiger partial charge is 0.252 e. The zero-order valence-electron chi connectivity index (χ0n) is 59.8. The van der Waals surface area contributed by atoms with Crippen molar-refractivity contribution in [3.05, 3.63) is 251 Å². The Morgan fingerprint density at radius 1 is 0.426 bits per heavy atom. The standard InChI is InChI=1S/C89H97BN4/c1-83(2,3)57-30-39-63(40-31-57)91(64-41-32-58(33-42-64)84(4,5)6)67-47-48-73-76(53-67)93(75-49-38-61(87(13,14)15)50-70(75)56-26-22-21-23-27-56)77-54-68(92(65-43-34-59(35-44-65)85(7,8)9)66-45-36-60(37-46-66)86(10,11)12)55-78-80(77)90(73)74-52-62(88(16,17)18)51-71-79-82(94(78)81(71)74)69-28-24-25-29-72(69)89(79,19)20/h21-41,43-55,64H,42H2,1-20H3. The van der Waals surface area contributed by atoms with Crippen LogP contribution in [-0.2, 0) is 32.5 Å². The summed E-state index contributed by atoms with van der Waals surface area (Å²) in [5, 5.41) is 1.35. The minimum absolute atomic E-state index is 0.00501. The van der Waals surface area contributed by atoms with Gasteiger partial charge in [0.1, 0.15) is 0 Å². The number of aromatic nitrogens is 1. The first kappa shape index (κ1) is 62.9. The minimum atomic E-state index is -0.275. The normalized spacial score (nSPS) is 15.8. The summed E-state index contributed by atoms with van der Waals surface area (Å²) in [5.74, 6) is 0. The van der Waals surface area contributed by atoms with Gasteiger partial charge in [-0.15, -0.1) is 0 Å². The molecule has 0 bridgehead atoms. The topological polar surface area (TPSA) is 14.7 Å². The molecular formula is C89H97BN4. The Morgan fingerprint density at radius 3 is 1.50 bits per heavy atom. The number of hydrogen-bond acceptors (Lipinski definition) is 3. The largest absolute Gasteiger partial charge is 0.334 e. The van der Waals surface area contributed by atoms with E-state index in [9.17, 15) is 0 Å². The molecule has 0 saturated carbocycles. The molecule has 14 rings (SSSR count). The molecule has 0 N–H and O–H groups in total. The van der Waals surface area contributed by atoms with Gasteiger partial charge in [-0.05, 0) is 184 Å². The molecule has 0 radical (unpaired) electrons. The molecule has 1 aromatic heterocycles. The van der Waals surface area contributed by atoms with Crippen LogP contribution in [0, 0.1) is 5.41 Å². The number of rotatable bonds is 8. The van der Waals surface area contributed by atoms with Gasteiger partial charge in [0.05, 0.1) is 23.1 Å². The molecule has 2 aliphatic heterocycles. The van der Waals surface area contributed by atoms with Crippen molar-refractivity contribution >= 4 is 79.5 Å². The van der Waals surface area contributed by atoms with Crippen LogP contribution in [0.15, 0.2) is 212 Å². The van der Waals surface area contributed by atoms with Crippen molar-refractivity contribution in [3.63, 3.8) is 0 Å². The predicted octanol–water partition coefficient (Wildman–Crippen LogP) is 22.6. The predicted molar refractivity (Wildman–Crippen MR) is 407 cm³/mol. The van der Waals surface area contributed by atoms with Gasteiger partial charge in [-0.1, -0.05) is 266 Å². The van der Waals surface area contributed by atoms with Gasteiger partial charge in [-0.3, -0.25) is 0 Å². The molecule has 4 aliphatic rings. The molecule has 3 heterocycles. The van der Waals surface area contributed by atoms with Crippen molar-refractivity contribution in [2.45, 2.75) is 183 Å². The Morgan fingerprint density at radius 2 is 0.947 bits per heavy atom. The summed E-state index contributed by atoms with van der Waals surface area (Å²) in [4.78, 5) is 7.89. The van der Waals surface area contributed by atoms with Crippen LogP contribution in [0.2, 0.25) is 0 Å². The summed E-state index contributed by atoms with van der Waals surface area (Å²) in [5.41, 5.74) is 30.9. The molecule has 476 valence electrons. The van der Waals surface area contributed by atoms with Crippen molar-refractivity contribution in [1.82, 2.24) is 4.57 Å². The van der Waals surface area contributed by atoms with Crippen molar-refractivity contribution < 1.29 is 0 Å². The van der Waals surface area contributed by atoms with Gasteiger partial charge in [-0.2, -0.15) is 0 Å². The lowest BCUT2D eigenvalue weighted by Crippen LogP contribution is -2.60. The van der Waals surface area contributed by atoms with Crippen LogP contribution < -0.4 is 31.1 Å². The van der Waals surface area contributed by atoms with E-state index >= 15 is 0 Å². The summed E-state index contributed by atoms with van der Waals surface area (Å²) in [6.07, 6.45) is 8.26. The van der Waals surface area contributed by atoms with E-state index in [0.717, 1.165) is 34.9 Å². The van der Waals surface area contributed by atoms with E-state index in [1.807, 2.05) is 0 Å². The molecule has 1 atom stereocenters. The number of allylic oxidation sites excluding steroid dienone is 2. The molecule has 4 nitrogen and oxygen atoms in total. The zero-order valence-corrected chi connectivity index (χ0v) is 59.8. The first-order valence-electron chi connectivity index (χ1n) is 34.6. The highest BCUT2D eigenvalue weighted by Crippen LogP contribution is 2.57. The third-order valence-electron chi connectivity index (χ3n) is 21.2. The Labute approximate surface area is 563 Å². The maximum atomic E-state index is 2.75. The molecule has 94 heavy (non-hydrogen) atoms. The van der Waals surface area contributed by atoms with Gasteiger partial charge < -0.3 is 19.3 Å². The minimum Gasteiger partial charge on any atom is -0.334 e. The van der Waals surface area contributed by atoms with Crippen LogP contribution in [-0.4, -0.2) is 17.3 Å². The molecule has 1 unspecified atom stereocenters. The average Bonchev–Trinajstić information content (AvgIpc) is 1.43. The second kappa shape index (κ2) is 21.8. The molecule has 0 fully saturated rings. The summed E-state index contributed by atoms with van der Waals surface area (Å²) >= 11 is 0. The van der Waals surface area contributed by atoms with E-state index in [-0.39, 0.29) is 50.7 Å². The highest BCUT2D eigenvalue weighted by atomic mass is 15.2. The number of anilines is 8. The summed E-state index contributed by atoms with van der Waals surface area (Å²) in [6, 6.07) is 74.2. The average molecular weight is 1230 g/mol. The second-order valence-electron chi connectivity index (χ2n) is 34.4. The molecule has 0 amide bonds. The maximum Gasteiger partial charge on any atom is 0.252 e. The molecule has 2 aliphatic carbocycles. The number of fused-ring (bicyclic) bond motifs is 9. The fourth-order valence-corrected chi connectivity index (χ4v) is 15.7. The third kappa shape index (κ3) is 10.5. The Balaban J connectivity index is 1.15. The molecule has 0 saturated heterocycles. The van der Waals surface area contributed by atoms with Crippen LogP contribution in [0.25, 0.3) is 39.0 Å². The van der Waals surface area contributed by atoms with Gasteiger partial charge in [-0.25, -0.2) is 0 Å². The van der Waals surface area contributed by atoms with Crippen molar-refractivity contribution in [2.75, 3.05) is 14.7 Å². The van der Waals surface area contributed by atoms with Crippen molar-refractivity contribution in [3.8, 4) is 28.1 Å². The first-order chi connectivity index (χ1) is 44.2. The zero-order chi connectivity index (χ0) is 66.7. The Kier molecular flexibility index (Phi) is 14.6. The van der Waals surface area contributed by atoms with Crippen LogP contribution in [0.5, 0.6) is 0 Å². The second-order valence-corrected chi connectivity index (χ2v) is 34.4. The van der Waals surface area contributed by atoms with Crippen molar-refractivity contribution in [1.29, 1.82) is 0 Å². The van der Waals surface area contributed by atoms with E-state index in [1.54, 1.807) is 0 Å². The van der Waals surface area contributed by atoms with E-state index in [1.165, 1.54) is 117 Å². The van der Waals surface area contributed by atoms with Gasteiger partial charge in [0.25, 0.3) is 6.71 Å². The SMILES string of the molecule is CC(C)(C)C1=CCC(N(c2ccc(C(C)(C)C)cc2)c2ccc3c(c2)N(c2ccc(C(C)(C)C)cc2-c2ccccc2)c2cc(N(c4ccc(C(C)(C)C)cc4)c4ccc(C(C)(C)C)cc4)cc4c2B3c2cc(C(C)(C)C)cc3c5c(n-4c23)-c2ccccc2C5(C)C)C=C1. The maximum absolute atomic E-state index is 2.75. The van der Waals surface area contributed by atoms with Crippen LogP contribution >= 0.6 is 0 Å².